The first-order chi connectivity index (χ1) is 20.5. The maximum absolute atomic E-state index is 12.1. The molecular formula is C22H20F6N6O8S2Si. The zero-order valence-corrected chi connectivity index (χ0v) is 24.6. The van der Waals surface area contributed by atoms with E-state index in [2.05, 4.69) is 19.4 Å². The van der Waals surface area contributed by atoms with Crippen LogP contribution in [0.3, 0.4) is 0 Å². The van der Waals surface area contributed by atoms with Gasteiger partial charge < -0.3 is 0 Å². The van der Waals surface area contributed by atoms with E-state index in [9.17, 15) is 61.7 Å². The van der Waals surface area contributed by atoms with E-state index in [1.165, 1.54) is 85.5 Å². The number of nitrogens with one attached hydrogen (secondary N) is 4. The average Bonchev–Trinajstić information content (AvgIpc) is 2.92. The fourth-order valence-electron chi connectivity index (χ4n) is 3.00. The Hall–Kier alpha value is -5.16. The number of rotatable bonds is 8. The van der Waals surface area contributed by atoms with E-state index >= 15 is 0 Å². The summed E-state index contributed by atoms with van der Waals surface area (Å²) in [6.07, 6.45) is 6.16. The molecule has 0 bridgehead atoms. The van der Waals surface area contributed by atoms with Gasteiger partial charge in [-0.2, -0.15) is 0 Å². The minimum atomic E-state index is -10.8. The number of anilines is 2. The molecule has 0 aliphatic heterocycles. The topological polar surface area (TPSA) is 207 Å². The van der Waals surface area contributed by atoms with Gasteiger partial charge >= 0.3 is 33.3 Å². The van der Waals surface area contributed by atoms with Crippen LogP contribution in [0.1, 0.15) is 0 Å². The Bertz CT molecular complexity index is 1760. The Labute approximate surface area is 249 Å². The van der Waals surface area contributed by atoms with E-state index < -0.39 is 49.9 Å². The summed E-state index contributed by atoms with van der Waals surface area (Å²) < 4.78 is 112. The summed E-state index contributed by atoms with van der Waals surface area (Å²) in [6.45, 7) is 0. The van der Waals surface area contributed by atoms with Crippen molar-refractivity contribution in [1.82, 2.24) is 0 Å². The maximum atomic E-state index is 12.1. The summed E-state index contributed by atoms with van der Waals surface area (Å²) in [5.41, 5.74) is -0.288. The Morgan fingerprint density at radius 2 is 0.822 bits per heavy atom. The molecule has 4 aromatic rings. The number of aromatic nitrogens is 2. The van der Waals surface area contributed by atoms with Crippen LogP contribution in [0.25, 0.3) is 0 Å². The van der Waals surface area contributed by atoms with Crippen molar-refractivity contribution in [3.05, 3.63) is 118 Å². The Balaban J connectivity index is 0.000000260. The van der Waals surface area contributed by atoms with Gasteiger partial charge in [0.1, 0.15) is 0 Å². The third-order valence-corrected chi connectivity index (χ3v) is 7.50. The van der Waals surface area contributed by atoms with Crippen LogP contribution in [-0.4, -0.2) is 35.3 Å². The van der Waals surface area contributed by atoms with E-state index in [1.54, 1.807) is 0 Å². The Morgan fingerprint density at radius 3 is 1.09 bits per heavy atom. The Morgan fingerprint density at radius 1 is 0.556 bits per heavy atom. The molecule has 0 unspecified atom stereocenters. The summed E-state index contributed by atoms with van der Waals surface area (Å²) in [5, 5.41) is 21.7. The van der Waals surface area contributed by atoms with Crippen molar-refractivity contribution in [2.45, 2.75) is 9.79 Å². The molecule has 14 nitrogen and oxygen atoms in total. The number of H-pyrrole nitrogens is 2. The summed E-state index contributed by atoms with van der Waals surface area (Å²) >= 11 is 0. The van der Waals surface area contributed by atoms with E-state index in [0.29, 0.717) is 11.4 Å². The molecule has 244 valence electrons. The van der Waals surface area contributed by atoms with Crippen LogP contribution in [0.15, 0.2) is 107 Å². The number of benzene rings is 2. The summed E-state index contributed by atoms with van der Waals surface area (Å²) in [4.78, 5) is 25.0. The van der Waals surface area contributed by atoms with Gasteiger partial charge in [0.15, 0.2) is 34.6 Å². The molecule has 0 amide bonds. The minimum absolute atomic E-state index is 0.317. The van der Waals surface area contributed by atoms with Gasteiger partial charge in [-0.05, 0) is 12.1 Å². The molecule has 0 atom stereocenters. The molecule has 0 fully saturated rings. The molecule has 2 aromatic carbocycles. The van der Waals surface area contributed by atoms with Gasteiger partial charge in [-0.1, -0.05) is 24.3 Å². The van der Waals surface area contributed by atoms with Crippen LogP contribution < -0.4 is 19.4 Å². The molecule has 0 radical (unpaired) electrons. The number of sulfonamides is 2. The van der Waals surface area contributed by atoms with Crippen LogP contribution in [0.2, 0.25) is 0 Å². The van der Waals surface area contributed by atoms with Crippen molar-refractivity contribution >= 4 is 51.4 Å². The number of nitro groups is 2. The molecule has 0 saturated heterocycles. The van der Waals surface area contributed by atoms with Crippen LogP contribution in [0.4, 0.5) is 47.4 Å². The smallest absolute Gasteiger partial charge is 0.279 e. The van der Waals surface area contributed by atoms with E-state index in [1.807, 2.05) is 0 Å². The first kappa shape index (κ1) is 36.0. The third-order valence-electron chi connectivity index (χ3n) is 4.64. The van der Waals surface area contributed by atoms with Gasteiger partial charge in [-0.15, -0.1) is 0 Å². The summed E-state index contributed by atoms with van der Waals surface area (Å²) in [5.74, 6) is 0. The largest absolute Gasteiger partial charge is 0.289 e. The molecule has 0 aliphatic rings. The number of para-hydroxylation sites is 2. The summed E-state index contributed by atoms with van der Waals surface area (Å²) in [7, 11) is -18.8. The van der Waals surface area contributed by atoms with Gasteiger partial charge in [-0.25, -0.2) is 26.8 Å². The normalized spacial score (nSPS) is 12.8. The number of hydrogen-bond donors (Lipinski definition) is 2. The number of halogens is 6. The number of nitro benzene ring substituents is 2. The van der Waals surface area contributed by atoms with Gasteiger partial charge in [0.05, 0.1) is 21.2 Å². The second-order valence-corrected chi connectivity index (χ2v) is 13.8. The number of aromatic amines is 2. The zero-order chi connectivity index (χ0) is 34.2. The third kappa shape index (κ3) is 13.3. The van der Waals surface area contributed by atoms with Crippen molar-refractivity contribution in [2.24, 2.45) is 0 Å². The fraction of sp³-hybridized carbons (Fsp3) is 0. The standard InChI is InChI=1S/2C11H9N3O4S.F6Si/c2*15-14(16)10-3-1-2-4-11(10)19(17,18)13-9-5-7-12-8-6-9;1-7(2,3,4,5)6/h2*1-8H,(H,12,13);/q;;-2/p+2. The van der Waals surface area contributed by atoms with Crippen molar-refractivity contribution in [2.75, 3.05) is 9.44 Å². The second kappa shape index (κ2) is 12.8. The van der Waals surface area contributed by atoms with Crippen molar-refractivity contribution < 1.29 is 61.3 Å². The van der Waals surface area contributed by atoms with Crippen LogP contribution >= 0.6 is 0 Å². The number of nitrogens with zero attached hydrogens (tertiary/aromatic N) is 2. The number of hydrogen-bond acceptors (Lipinski definition) is 8. The molecule has 0 saturated carbocycles. The van der Waals surface area contributed by atoms with Crippen LogP contribution in [-0.2, 0) is 20.0 Å². The minimum Gasteiger partial charge on any atom is -0.279 e. The zero-order valence-electron chi connectivity index (χ0n) is 22.0. The van der Waals surface area contributed by atoms with Gasteiger partial charge in [0.25, 0.3) is 31.4 Å². The first-order valence-electron chi connectivity index (χ1n) is 11.6. The van der Waals surface area contributed by atoms with Crippen molar-refractivity contribution in [3.63, 3.8) is 0 Å². The first-order valence-corrected chi connectivity index (χ1v) is 16.8. The van der Waals surface area contributed by atoms with Gasteiger partial charge in [0.2, 0.25) is 0 Å². The van der Waals surface area contributed by atoms with Crippen molar-refractivity contribution in [3.8, 4) is 0 Å². The second-order valence-electron chi connectivity index (χ2n) is 8.31. The molecule has 4 rings (SSSR count). The Kier molecular flexibility index (Phi) is 10.3. The van der Waals surface area contributed by atoms with Crippen molar-refractivity contribution in [1.29, 1.82) is 0 Å². The molecule has 0 aliphatic carbocycles. The number of pyridine rings is 2. The monoisotopic (exact) mass is 702 g/mol. The molecule has 23 heteroatoms. The summed E-state index contributed by atoms with van der Waals surface area (Å²) in [6, 6.07) is 16.4. The predicted octanol–water partition coefficient (Wildman–Crippen LogP) is 4.56. The predicted molar refractivity (Wildman–Crippen MR) is 146 cm³/mol. The van der Waals surface area contributed by atoms with Crippen LogP contribution in [0.5, 0.6) is 0 Å². The van der Waals surface area contributed by atoms with Gasteiger partial charge in [0, 0.05) is 36.4 Å². The van der Waals surface area contributed by atoms with E-state index in [4.69, 9.17) is 0 Å². The van der Waals surface area contributed by atoms with Crippen LogP contribution in [0, 0.1) is 20.2 Å². The SMILES string of the molecule is F[Si-2](F)(F)(F)(F)F.O=[N+]([O-])c1ccccc1S(=O)(=O)Nc1cc[nH+]cc1.O=[N+]([O-])c1ccccc1S(=O)(=O)Nc1cc[nH+]cc1. The average molecular weight is 703 g/mol. The maximum Gasteiger partial charge on any atom is 0.289 e. The molecule has 2 aromatic heterocycles. The molecule has 2 heterocycles. The van der Waals surface area contributed by atoms with E-state index in [-0.39, 0.29) is 9.79 Å². The van der Waals surface area contributed by atoms with E-state index in [0.717, 1.165) is 12.1 Å². The molecule has 0 spiro atoms. The van der Waals surface area contributed by atoms with Gasteiger partial charge in [-0.3, -0.25) is 29.7 Å². The molecule has 4 N–H and O–H groups in total. The quantitative estimate of drug-likeness (QED) is 0.0873. The fourth-order valence-corrected chi connectivity index (χ4v) is 5.46. The molecule has 45 heavy (non-hydrogen) atoms. The molecular weight excluding hydrogens is 682 g/mol.